The van der Waals surface area contributed by atoms with E-state index in [9.17, 15) is 0 Å². The molecule has 4 heteroatoms. The Balaban J connectivity index is 0.00000289. The Morgan fingerprint density at radius 1 is 1.11 bits per heavy atom. The first-order valence-electron chi connectivity index (χ1n) is 5.90. The van der Waals surface area contributed by atoms with Crippen LogP contribution in [0.4, 0.5) is 0 Å². The first kappa shape index (κ1) is 17.1. The van der Waals surface area contributed by atoms with Crippen LogP contribution in [0.5, 0.6) is 11.5 Å². The Labute approximate surface area is 117 Å². The highest BCUT2D eigenvalue weighted by Crippen LogP contribution is 2.26. The molecule has 0 saturated heterocycles. The van der Waals surface area contributed by atoms with Gasteiger partial charge in [-0.25, -0.2) is 0 Å². The third-order valence-corrected chi connectivity index (χ3v) is 3.33. The van der Waals surface area contributed by atoms with E-state index in [1.54, 1.807) is 14.2 Å². The van der Waals surface area contributed by atoms with Gasteiger partial charge in [-0.3, -0.25) is 0 Å². The molecule has 0 spiro atoms. The van der Waals surface area contributed by atoms with Crippen LogP contribution in [0.3, 0.4) is 0 Å². The Kier molecular flexibility index (Phi) is 6.50. The van der Waals surface area contributed by atoms with Crippen LogP contribution < -0.4 is 21.9 Å². The summed E-state index contributed by atoms with van der Waals surface area (Å²) in [5, 5.41) is 0. The molecule has 0 radical (unpaired) electrons. The van der Waals surface area contributed by atoms with Gasteiger partial charge in [0.2, 0.25) is 0 Å². The Morgan fingerprint density at radius 2 is 1.72 bits per heavy atom. The number of nitrogens with zero attached hydrogens (tertiary/aromatic N) is 1. The number of hydrogen-bond donors (Lipinski definition) is 0. The summed E-state index contributed by atoms with van der Waals surface area (Å²) in [6, 6.07) is 6.48. The van der Waals surface area contributed by atoms with E-state index in [1.807, 2.05) is 12.1 Å². The average molecular weight is 274 g/mol. The van der Waals surface area contributed by atoms with Crippen LogP contribution in [0.15, 0.2) is 18.2 Å². The number of benzene rings is 1. The van der Waals surface area contributed by atoms with Crippen molar-refractivity contribution in [3.8, 4) is 11.5 Å². The minimum absolute atomic E-state index is 0. The van der Waals surface area contributed by atoms with E-state index in [0.29, 0.717) is 6.04 Å². The summed E-state index contributed by atoms with van der Waals surface area (Å²) in [7, 11) is 10.0. The first-order valence-corrected chi connectivity index (χ1v) is 5.90. The molecule has 0 aliphatic heterocycles. The molecule has 1 aromatic carbocycles. The van der Waals surface area contributed by atoms with E-state index in [0.717, 1.165) is 22.4 Å². The molecular formula is C14H24ClNO2. The predicted octanol–water partition coefficient (Wildman–Crippen LogP) is -0.655. The van der Waals surface area contributed by atoms with Crippen molar-refractivity contribution in [2.45, 2.75) is 19.4 Å². The van der Waals surface area contributed by atoms with Gasteiger partial charge in [0, 0.05) is 12.0 Å². The lowest BCUT2D eigenvalue weighted by Gasteiger charge is -2.32. The zero-order valence-electron chi connectivity index (χ0n) is 12.2. The maximum atomic E-state index is 5.40. The van der Waals surface area contributed by atoms with E-state index in [1.165, 1.54) is 5.56 Å². The lowest BCUT2D eigenvalue weighted by molar-refractivity contribution is -0.893. The number of methoxy groups -OCH3 is 2. The second-order valence-electron chi connectivity index (χ2n) is 5.35. The highest BCUT2D eigenvalue weighted by Gasteiger charge is 2.20. The summed E-state index contributed by atoms with van der Waals surface area (Å²) in [5.74, 6) is 1.82. The molecule has 0 amide bonds. The van der Waals surface area contributed by atoms with E-state index < -0.39 is 0 Å². The summed E-state index contributed by atoms with van der Waals surface area (Å²) in [6.45, 7) is 2.25. The van der Waals surface area contributed by atoms with Crippen molar-refractivity contribution in [2.75, 3.05) is 35.4 Å². The normalized spacial score (nSPS) is 12.6. The van der Waals surface area contributed by atoms with E-state index in [4.69, 9.17) is 9.47 Å². The van der Waals surface area contributed by atoms with Gasteiger partial charge >= 0.3 is 0 Å². The van der Waals surface area contributed by atoms with Crippen LogP contribution in [0.2, 0.25) is 0 Å². The Hall–Kier alpha value is -0.930. The fourth-order valence-electron chi connectivity index (χ4n) is 1.63. The molecule has 0 heterocycles. The lowest BCUT2D eigenvalue weighted by Crippen LogP contribution is -3.00. The summed E-state index contributed by atoms with van der Waals surface area (Å²) in [4.78, 5) is 0. The molecule has 1 unspecified atom stereocenters. The van der Waals surface area contributed by atoms with Gasteiger partial charge in [-0.1, -0.05) is 0 Å². The molecule has 0 fully saturated rings. The summed E-state index contributed by atoms with van der Waals surface area (Å²) < 4.78 is 11.6. The fourth-order valence-corrected chi connectivity index (χ4v) is 1.63. The van der Waals surface area contributed by atoms with Crippen LogP contribution in [-0.2, 0) is 6.42 Å². The summed E-state index contributed by atoms with van der Waals surface area (Å²) in [6.07, 6.45) is 0.976. The molecule has 0 saturated carbocycles. The maximum absolute atomic E-state index is 5.40. The van der Waals surface area contributed by atoms with E-state index in [-0.39, 0.29) is 12.4 Å². The van der Waals surface area contributed by atoms with Gasteiger partial charge in [0.15, 0.2) is 0 Å². The van der Waals surface area contributed by atoms with Gasteiger partial charge in [-0.2, -0.15) is 0 Å². The zero-order valence-corrected chi connectivity index (χ0v) is 12.9. The second-order valence-corrected chi connectivity index (χ2v) is 5.35. The highest BCUT2D eigenvalue weighted by molar-refractivity contribution is 5.40. The molecule has 0 aliphatic rings. The van der Waals surface area contributed by atoms with Gasteiger partial charge < -0.3 is 26.4 Å². The molecule has 0 bridgehead atoms. The molecular weight excluding hydrogens is 250 g/mol. The highest BCUT2D eigenvalue weighted by atomic mass is 35.5. The smallest absolute Gasteiger partial charge is 0.122 e. The number of halogens is 1. The van der Waals surface area contributed by atoms with Crippen LogP contribution in [0, 0.1) is 0 Å². The average Bonchev–Trinajstić information content (AvgIpc) is 2.27. The number of likely N-dealkylation sites (N-methyl/N-ethyl adjacent to an activating group) is 1. The quantitative estimate of drug-likeness (QED) is 0.664. The van der Waals surface area contributed by atoms with E-state index >= 15 is 0 Å². The van der Waals surface area contributed by atoms with Crippen molar-refractivity contribution in [3.05, 3.63) is 23.8 Å². The molecule has 3 nitrogen and oxygen atoms in total. The monoisotopic (exact) mass is 273 g/mol. The topological polar surface area (TPSA) is 18.5 Å². The molecule has 0 aliphatic carbocycles. The Bertz CT molecular complexity index is 375. The van der Waals surface area contributed by atoms with Crippen LogP contribution in [0.1, 0.15) is 12.5 Å². The number of rotatable bonds is 5. The number of quaternary nitrogens is 1. The van der Waals surface area contributed by atoms with E-state index in [2.05, 4.69) is 34.1 Å². The minimum atomic E-state index is 0. The second kappa shape index (κ2) is 6.86. The molecule has 104 valence electrons. The van der Waals surface area contributed by atoms with Crippen molar-refractivity contribution in [2.24, 2.45) is 0 Å². The predicted molar refractivity (Wildman–Crippen MR) is 70.7 cm³/mol. The van der Waals surface area contributed by atoms with Crippen molar-refractivity contribution >= 4 is 0 Å². The largest absolute Gasteiger partial charge is 1.00 e. The molecule has 0 N–H and O–H groups in total. The van der Waals surface area contributed by atoms with Crippen LogP contribution in [0.25, 0.3) is 0 Å². The summed E-state index contributed by atoms with van der Waals surface area (Å²) >= 11 is 0. The van der Waals surface area contributed by atoms with Crippen molar-refractivity contribution in [3.63, 3.8) is 0 Å². The molecule has 1 atom stereocenters. The van der Waals surface area contributed by atoms with Gasteiger partial charge in [-0.15, -0.1) is 0 Å². The van der Waals surface area contributed by atoms with Crippen molar-refractivity contribution < 1.29 is 26.4 Å². The van der Waals surface area contributed by atoms with Crippen molar-refractivity contribution in [1.29, 1.82) is 0 Å². The number of ether oxygens (including phenoxy) is 2. The molecule has 0 aromatic heterocycles. The third kappa shape index (κ3) is 4.39. The molecule has 1 rings (SSSR count). The SMILES string of the molecule is COc1ccc(OC)c(CC(C)[N+](C)(C)C)c1.[Cl-]. The van der Waals surface area contributed by atoms with Gasteiger partial charge in [0.25, 0.3) is 0 Å². The fraction of sp³-hybridized carbons (Fsp3) is 0.571. The lowest BCUT2D eigenvalue weighted by atomic mass is 10.0. The van der Waals surface area contributed by atoms with Gasteiger partial charge in [0.1, 0.15) is 11.5 Å². The minimum Gasteiger partial charge on any atom is -1.00 e. The van der Waals surface area contributed by atoms with Crippen LogP contribution >= 0.6 is 0 Å². The number of hydrogen-bond acceptors (Lipinski definition) is 2. The molecule has 1 aromatic rings. The van der Waals surface area contributed by atoms with Crippen molar-refractivity contribution in [1.82, 2.24) is 0 Å². The summed E-state index contributed by atoms with van der Waals surface area (Å²) in [5.41, 5.74) is 1.20. The first-order chi connectivity index (χ1) is 7.88. The maximum Gasteiger partial charge on any atom is 0.122 e. The molecule has 18 heavy (non-hydrogen) atoms. The standard InChI is InChI=1S/C14H24NO2.ClH/c1-11(15(2,3)4)9-12-10-13(16-5)7-8-14(12)17-6;/h7-8,10-11H,9H2,1-6H3;1H/q+1;/p-1. The van der Waals surface area contributed by atoms with Gasteiger partial charge in [-0.05, 0) is 25.1 Å². The zero-order chi connectivity index (χ0) is 13.1. The van der Waals surface area contributed by atoms with Gasteiger partial charge in [0.05, 0.1) is 41.4 Å². The third-order valence-electron chi connectivity index (χ3n) is 3.33. The Morgan fingerprint density at radius 3 is 2.17 bits per heavy atom. The van der Waals surface area contributed by atoms with Crippen LogP contribution in [-0.4, -0.2) is 45.9 Å².